The van der Waals surface area contributed by atoms with Crippen LogP contribution >= 0.6 is 0 Å². The van der Waals surface area contributed by atoms with Crippen LogP contribution in [-0.4, -0.2) is 32.4 Å². The summed E-state index contributed by atoms with van der Waals surface area (Å²) in [5.74, 6) is 0.836. The Kier molecular flexibility index (Phi) is 4.63. The molecule has 0 spiro atoms. The minimum atomic E-state index is -3.39. The summed E-state index contributed by atoms with van der Waals surface area (Å²) in [6.07, 6.45) is 0. The van der Waals surface area contributed by atoms with E-state index >= 15 is 0 Å². The predicted octanol–water partition coefficient (Wildman–Crippen LogP) is 3.01. The molecule has 2 rings (SSSR count). The Morgan fingerprint density at radius 1 is 1.14 bits per heavy atom. The molecule has 118 valence electrons. The van der Waals surface area contributed by atoms with Gasteiger partial charge in [0.15, 0.2) is 0 Å². The highest BCUT2D eigenvalue weighted by molar-refractivity contribution is 7.89. The number of benzene rings is 1. The van der Waals surface area contributed by atoms with Crippen molar-refractivity contribution in [2.24, 2.45) is 11.8 Å². The Morgan fingerprint density at radius 2 is 1.62 bits per heavy atom. The molecule has 0 amide bonds. The van der Waals surface area contributed by atoms with Gasteiger partial charge in [0.2, 0.25) is 10.0 Å². The molecule has 1 aromatic rings. The molecular formula is C16H26N2O2S. The lowest BCUT2D eigenvalue weighted by Crippen LogP contribution is -2.30. The molecule has 21 heavy (non-hydrogen) atoms. The Bertz CT molecular complexity index is 592. The van der Waals surface area contributed by atoms with Gasteiger partial charge in [-0.2, -0.15) is 4.31 Å². The summed E-state index contributed by atoms with van der Waals surface area (Å²) in [6, 6.07) is 3.85. The Morgan fingerprint density at radius 3 is 2.05 bits per heavy atom. The van der Waals surface area contributed by atoms with Crippen molar-refractivity contribution >= 4 is 15.7 Å². The molecule has 1 N–H and O–H groups in total. The topological polar surface area (TPSA) is 49.4 Å². The summed E-state index contributed by atoms with van der Waals surface area (Å²) in [5, 5.41) is 3.24. The van der Waals surface area contributed by atoms with Gasteiger partial charge in [0.1, 0.15) is 0 Å². The van der Waals surface area contributed by atoms with Crippen LogP contribution in [0.15, 0.2) is 17.0 Å². The van der Waals surface area contributed by atoms with Gasteiger partial charge in [-0.15, -0.1) is 0 Å². The summed E-state index contributed by atoms with van der Waals surface area (Å²) in [4.78, 5) is 0.477. The number of rotatable bonds is 4. The van der Waals surface area contributed by atoms with Crippen LogP contribution in [0.5, 0.6) is 0 Å². The monoisotopic (exact) mass is 310 g/mol. The minimum absolute atomic E-state index is 0.418. The normalized spacial score (nSPS) is 23.5. The lowest BCUT2D eigenvalue weighted by molar-refractivity contribution is 0.462. The van der Waals surface area contributed by atoms with Crippen molar-refractivity contribution in [1.29, 1.82) is 0 Å². The standard InChI is InChI=1S/C16H26N2O2S/c1-6-17-15-7-11(2)16(12(3)8-15)21(19,20)18-9-13(4)14(5)10-18/h7-8,13-14,17H,6,9-10H2,1-5H3. The molecule has 0 bridgehead atoms. The molecule has 1 saturated heterocycles. The lowest BCUT2D eigenvalue weighted by Gasteiger charge is -2.20. The second kappa shape index (κ2) is 5.97. The maximum absolute atomic E-state index is 12.9. The molecule has 4 nitrogen and oxygen atoms in total. The van der Waals surface area contributed by atoms with E-state index in [4.69, 9.17) is 0 Å². The maximum Gasteiger partial charge on any atom is 0.243 e. The Labute approximate surface area is 128 Å². The highest BCUT2D eigenvalue weighted by Crippen LogP contribution is 2.32. The van der Waals surface area contributed by atoms with Crippen molar-refractivity contribution in [1.82, 2.24) is 4.31 Å². The van der Waals surface area contributed by atoms with Crippen LogP contribution in [0, 0.1) is 25.7 Å². The van der Waals surface area contributed by atoms with Crippen molar-refractivity contribution < 1.29 is 8.42 Å². The van der Waals surface area contributed by atoms with Gasteiger partial charge in [-0.1, -0.05) is 13.8 Å². The molecule has 0 radical (unpaired) electrons. The van der Waals surface area contributed by atoms with Gasteiger partial charge in [0.05, 0.1) is 4.90 Å². The molecule has 0 aliphatic carbocycles. The van der Waals surface area contributed by atoms with Gasteiger partial charge >= 0.3 is 0 Å². The van der Waals surface area contributed by atoms with Crippen molar-refractivity contribution in [3.63, 3.8) is 0 Å². The molecule has 1 aromatic carbocycles. The van der Waals surface area contributed by atoms with Crippen LogP contribution in [0.2, 0.25) is 0 Å². The van der Waals surface area contributed by atoms with Crippen molar-refractivity contribution in [3.8, 4) is 0 Å². The Balaban J connectivity index is 2.41. The quantitative estimate of drug-likeness (QED) is 0.930. The molecule has 2 unspecified atom stereocenters. The maximum atomic E-state index is 12.9. The third-order valence-corrected chi connectivity index (χ3v) is 6.53. The second-order valence-electron chi connectivity index (χ2n) is 6.25. The SMILES string of the molecule is CCNc1cc(C)c(S(=O)(=O)N2CC(C)C(C)C2)c(C)c1. The van der Waals surface area contributed by atoms with Gasteiger partial charge in [0.25, 0.3) is 0 Å². The first-order valence-corrected chi connectivity index (χ1v) is 9.06. The van der Waals surface area contributed by atoms with Crippen LogP contribution in [0.4, 0.5) is 5.69 Å². The first-order chi connectivity index (χ1) is 9.77. The molecule has 1 heterocycles. The van der Waals surface area contributed by atoms with E-state index < -0.39 is 10.0 Å². The highest BCUT2D eigenvalue weighted by atomic mass is 32.2. The summed E-state index contributed by atoms with van der Waals surface area (Å²) in [7, 11) is -3.39. The molecule has 1 fully saturated rings. The van der Waals surface area contributed by atoms with E-state index in [1.807, 2.05) is 32.9 Å². The fraction of sp³-hybridized carbons (Fsp3) is 0.625. The first kappa shape index (κ1) is 16.3. The van der Waals surface area contributed by atoms with E-state index in [2.05, 4.69) is 19.2 Å². The number of nitrogens with one attached hydrogen (secondary N) is 1. The van der Waals surface area contributed by atoms with Crippen molar-refractivity contribution in [2.45, 2.75) is 39.5 Å². The number of sulfonamides is 1. The number of aryl methyl sites for hydroxylation is 2. The molecule has 0 aromatic heterocycles. The van der Waals surface area contributed by atoms with E-state index in [0.717, 1.165) is 23.4 Å². The summed E-state index contributed by atoms with van der Waals surface area (Å²) in [5.41, 5.74) is 2.62. The van der Waals surface area contributed by atoms with E-state index in [1.165, 1.54) is 0 Å². The predicted molar refractivity (Wildman–Crippen MR) is 87.2 cm³/mol. The average molecular weight is 310 g/mol. The third-order valence-electron chi connectivity index (χ3n) is 4.39. The summed E-state index contributed by atoms with van der Waals surface area (Å²) >= 11 is 0. The fourth-order valence-corrected chi connectivity index (χ4v) is 5.12. The summed E-state index contributed by atoms with van der Waals surface area (Å²) in [6.45, 7) is 12.1. The molecule has 5 heteroatoms. The van der Waals surface area contributed by atoms with Crippen molar-refractivity contribution in [2.75, 3.05) is 25.0 Å². The second-order valence-corrected chi connectivity index (χ2v) is 8.12. The summed E-state index contributed by atoms with van der Waals surface area (Å²) < 4.78 is 27.5. The largest absolute Gasteiger partial charge is 0.385 e. The van der Waals surface area contributed by atoms with Crippen LogP contribution < -0.4 is 5.32 Å². The number of anilines is 1. The van der Waals surface area contributed by atoms with Crippen LogP contribution in [0.3, 0.4) is 0 Å². The smallest absolute Gasteiger partial charge is 0.243 e. The van der Waals surface area contributed by atoms with E-state index in [-0.39, 0.29) is 0 Å². The third kappa shape index (κ3) is 3.09. The zero-order chi connectivity index (χ0) is 15.8. The van der Waals surface area contributed by atoms with Gasteiger partial charge in [-0.05, 0) is 55.9 Å². The minimum Gasteiger partial charge on any atom is -0.385 e. The van der Waals surface area contributed by atoms with Crippen LogP contribution in [-0.2, 0) is 10.0 Å². The van der Waals surface area contributed by atoms with Crippen molar-refractivity contribution in [3.05, 3.63) is 23.3 Å². The highest BCUT2D eigenvalue weighted by Gasteiger charge is 2.36. The molecule has 0 saturated carbocycles. The zero-order valence-electron chi connectivity index (χ0n) is 13.6. The van der Waals surface area contributed by atoms with E-state index in [9.17, 15) is 8.42 Å². The molecule has 2 atom stereocenters. The van der Waals surface area contributed by atoms with Gasteiger partial charge in [0, 0.05) is 25.3 Å². The Hall–Kier alpha value is -1.07. The molecule has 1 aliphatic rings. The first-order valence-electron chi connectivity index (χ1n) is 7.62. The molecular weight excluding hydrogens is 284 g/mol. The van der Waals surface area contributed by atoms with Gasteiger partial charge < -0.3 is 5.32 Å². The van der Waals surface area contributed by atoms with Crippen LogP contribution in [0.1, 0.15) is 31.9 Å². The number of hydrogen-bond donors (Lipinski definition) is 1. The van der Waals surface area contributed by atoms with E-state index in [1.54, 1.807) is 4.31 Å². The lowest BCUT2D eigenvalue weighted by atomic mass is 10.0. The average Bonchev–Trinajstić information content (AvgIpc) is 2.69. The fourth-order valence-electron chi connectivity index (χ4n) is 3.07. The van der Waals surface area contributed by atoms with Gasteiger partial charge in [-0.3, -0.25) is 0 Å². The number of nitrogens with zero attached hydrogens (tertiary/aromatic N) is 1. The van der Waals surface area contributed by atoms with Gasteiger partial charge in [-0.25, -0.2) is 8.42 Å². The molecule has 1 aliphatic heterocycles. The van der Waals surface area contributed by atoms with E-state index in [0.29, 0.717) is 29.8 Å². The number of hydrogen-bond acceptors (Lipinski definition) is 3. The van der Waals surface area contributed by atoms with Crippen LogP contribution in [0.25, 0.3) is 0 Å². The zero-order valence-corrected chi connectivity index (χ0v) is 14.4.